The summed E-state index contributed by atoms with van der Waals surface area (Å²) in [5.74, 6) is -0.427. The van der Waals surface area contributed by atoms with Gasteiger partial charge in [0.15, 0.2) is 0 Å². The number of carbonyl (C=O) groups is 2. The summed E-state index contributed by atoms with van der Waals surface area (Å²) in [6, 6.07) is 7.52. The van der Waals surface area contributed by atoms with Crippen molar-refractivity contribution in [3.63, 3.8) is 0 Å². The molecule has 2 unspecified atom stereocenters. The van der Waals surface area contributed by atoms with E-state index in [1.165, 1.54) is 6.42 Å². The lowest BCUT2D eigenvalue weighted by molar-refractivity contribution is -0.141. The Morgan fingerprint density at radius 3 is 2.25 bits per heavy atom. The second kappa shape index (κ2) is 7.97. The normalized spacial score (nSPS) is 23.8. The molecule has 0 saturated carbocycles. The summed E-state index contributed by atoms with van der Waals surface area (Å²) in [7, 11) is 0. The maximum Gasteiger partial charge on any atom is 0.228 e. The second-order valence-corrected chi connectivity index (χ2v) is 7.45. The van der Waals surface area contributed by atoms with Crippen LogP contribution in [0, 0.1) is 11.8 Å². The number of carbonyl (C=O) groups excluding carboxylic acids is 2. The molecule has 3 rings (SSSR count). The smallest absolute Gasteiger partial charge is 0.228 e. The number of hydrogen-bond acceptors (Lipinski definition) is 2. The molecule has 1 heterocycles. The molecule has 1 aromatic carbocycles. The molecule has 0 spiro atoms. The first kappa shape index (κ1) is 17.2. The molecule has 0 radical (unpaired) electrons. The summed E-state index contributed by atoms with van der Waals surface area (Å²) in [6.45, 7) is 1.67. The number of benzene rings is 1. The molecule has 2 aliphatic rings. The molecule has 4 nitrogen and oxygen atoms in total. The van der Waals surface area contributed by atoms with Crippen molar-refractivity contribution in [1.82, 2.24) is 4.90 Å². The number of rotatable bonds is 3. The Morgan fingerprint density at radius 2 is 1.58 bits per heavy atom. The Labute approximate surface area is 151 Å². The highest BCUT2D eigenvalue weighted by atomic mass is 79.9. The molecule has 2 atom stereocenters. The van der Waals surface area contributed by atoms with Crippen LogP contribution >= 0.6 is 15.9 Å². The van der Waals surface area contributed by atoms with Crippen molar-refractivity contribution in [3.8, 4) is 0 Å². The van der Waals surface area contributed by atoms with Gasteiger partial charge in [0, 0.05) is 23.2 Å². The van der Waals surface area contributed by atoms with Crippen LogP contribution in [-0.4, -0.2) is 29.8 Å². The summed E-state index contributed by atoms with van der Waals surface area (Å²) in [5, 5.41) is 2.96. The van der Waals surface area contributed by atoms with Crippen molar-refractivity contribution in [1.29, 1.82) is 0 Å². The first-order chi connectivity index (χ1) is 11.6. The average Bonchev–Trinajstić information content (AvgIpc) is 2.63. The molecule has 1 aromatic rings. The maximum atomic E-state index is 12.9. The van der Waals surface area contributed by atoms with E-state index in [0.717, 1.165) is 36.1 Å². The van der Waals surface area contributed by atoms with Crippen molar-refractivity contribution >= 4 is 33.4 Å². The highest BCUT2D eigenvalue weighted by Gasteiger charge is 2.36. The lowest BCUT2D eigenvalue weighted by Crippen LogP contribution is -2.45. The minimum absolute atomic E-state index is 0.0583. The summed E-state index contributed by atoms with van der Waals surface area (Å²) in [5.41, 5.74) is 0.766. The zero-order chi connectivity index (χ0) is 16.9. The number of anilines is 1. The minimum Gasteiger partial charge on any atom is -0.342 e. The van der Waals surface area contributed by atoms with Crippen molar-refractivity contribution in [2.45, 2.75) is 32.1 Å². The number of halogens is 1. The number of nitrogens with zero attached hydrogens (tertiary/aromatic N) is 1. The van der Waals surface area contributed by atoms with E-state index in [1.54, 1.807) is 0 Å². The molecular weight excluding hydrogens is 368 g/mol. The summed E-state index contributed by atoms with van der Waals surface area (Å²) < 4.78 is 0.972. The lowest BCUT2D eigenvalue weighted by atomic mass is 9.81. The number of likely N-dealkylation sites (tertiary alicyclic amines) is 1. The maximum absolute atomic E-state index is 12.9. The molecule has 1 N–H and O–H groups in total. The van der Waals surface area contributed by atoms with Crippen molar-refractivity contribution in [2.24, 2.45) is 11.8 Å². The van der Waals surface area contributed by atoms with Crippen LogP contribution < -0.4 is 5.32 Å². The van der Waals surface area contributed by atoms with E-state index in [4.69, 9.17) is 0 Å². The molecule has 1 aliphatic heterocycles. The third-order valence-corrected chi connectivity index (χ3v) is 5.39. The van der Waals surface area contributed by atoms with Gasteiger partial charge < -0.3 is 10.2 Å². The van der Waals surface area contributed by atoms with Gasteiger partial charge in [0.2, 0.25) is 11.8 Å². The molecule has 128 valence electrons. The largest absolute Gasteiger partial charge is 0.342 e. The van der Waals surface area contributed by atoms with Gasteiger partial charge in [0.1, 0.15) is 0 Å². The van der Waals surface area contributed by atoms with E-state index in [0.29, 0.717) is 12.8 Å². The SMILES string of the molecule is O=C(Nc1ccc(Br)cc1)C1CC=CCC1C(=O)N1CCCCC1. The van der Waals surface area contributed by atoms with Crippen molar-refractivity contribution < 1.29 is 9.59 Å². The fourth-order valence-electron chi connectivity index (χ4n) is 3.49. The van der Waals surface area contributed by atoms with Crippen LogP contribution in [0.3, 0.4) is 0 Å². The third-order valence-electron chi connectivity index (χ3n) is 4.87. The fraction of sp³-hybridized carbons (Fsp3) is 0.474. The van der Waals surface area contributed by atoms with E-state index in [-0.39, 0.29) is 23.7 Å². The van der Waals surface area contributed by atoms with E-state index in [2.05, 4.69) is 21.2 Å². The summed E-state index contributed by atoms with van der Waals surface area (Å²) >= 11 is 3.39. The van der Waals surface area contributed by atoms with E-state index >= 15 is 0 Å². The zero-order valence-corrected chi connectivity index (χ0v) is 15.3. The predicted octanol–water partition coefficient (Wildman–Crippen LogP) is 3.98. The number of allylic oxidation sites excluding steroid dienone is 2. The number of piperidine rings is 1. The van der Waals surface area contributed by atoms with E-state index in [1.807, 2.05) is 41.3 Å². The Hall–Kier alpha value is -1.62. The summed E-state index contributed by atoms with van der Waals surface area (Å²) in [4.78, 5) is 27.5. The third kappa shape index (κ3) is 4.07. The molecule has 1 fully saturated rings. The quantitative estimate of drug-likeness (QED) is 0.793. The molecule has 5 heteroatoms. The average molecular weight is 391 g/mol. The topological polar surface area (TPSA) is 49.4 Å². The van der Waals surface area contributed by atoms with Crippen LogP contribution in [0.1, 0.15) is 32.1 Å². The first-order valence-electron chi connectivity index (χ1n) is 8.65. The number of nitrogens with one attached hydrogen (secondary N) is 1. The van der Waals surface area contributed by atoms with Gasteiger partial charge in [-0.1, -0.05) is 28.1 Å². The van der Waals surface area contributed by atoms with Crippen LogP contribution in [0.5, 0.6) is 0 Å². The van der Waals surface area contributed by atoms with Gasteiger partial charge in [-0.3, -0.25) is 9.59 Å². The zero-order valence-electron chi connectivity index (χ0n) is 13.7. The monoisotopic (exact) mass is 390 g/mol. The molecule has 0 aromatic heterocycles. The van der Waals surface area contributed by atoms with Crippen LogP contribution in [0.25, 0.3) is 0 Å². The van der Waals surface area contributed by atoms with Crippen LogP contribution in [0.15, 0.2) is 40.9 Å². The minimum atomic E-state index is -0.284. The van der Waals surface area contributed by atoms with E-state index in [9.17, 15) is 9.59 Å². The molecular formula is C19H23BrN2O2. The van der Waals surface area contributed by atoms with Gasteiger partial charge in [-0.2, -0.15) is 0 Å². The van der Waals surface area contributed by atoms with Gasteiger partial charge in [-0.15, -0.1) is 0 Å². The Bertz CT molecular complexity index is 621. The number of hydrogen-bond donors (Lipinski definition) is 1. The predicted molar refractivity (Wildman–Crippen MR) is 98.6 cm³/mol. The molecule has 1 saturated heterocycles. The lowest BCUT2D eigenvalue weighted by Gasteiger charge is -2.34. The second-order valence-electron chi connectivity index (χ2n) is 6.54. The fourth-order valence-corrected chi connectivity index (χ4v) is 3.76. The van der Waals surface area contributed by atoms with Gasteiger partial charge in [-0.05, 0) is 56.4 Å². The van der Waals surface area contributed by atoms with Gasteiger partial charge in [-0.25, -0.2) is 0 Å². The Balaban J connectivity index is 1.69. The van der Waals surface area contributed by atoms with Crippen molar-refractivity contribution in [2.75, 3.05) is 18.4 Å². The molecule has 2 amide bonds. The Morgan fingerprint density at radius 1 is 0.958 bits per heavy atom. The van der Waals surface area contributed by atoms with Crippen LogP contribution in [0.4, 0.5) is 5.69 Å². The standard InChI is InChI=1S/C19H23BrN2O2/c20-14-8-10-15(11-9-14)21-18(23)16-6-2-3-7-17(16)19(24)22-12-4-1-5-13-22/h2-3,8-11,16-17H,1,4-7,12-13H2,(H,21,23). The molecule has 24 heavy (non-hydrogen) atoms. The van der Waals surface area contributed by atoms with E-state index < -0.39 is 0 Å². The highest BCUT2D eigenvalue weighted by molar-refractivity contribution is 9.10. The molecule has 0 bridgehead atoms. The van der Waals surface area contributed by atoms with Crippen molar-refractivity contribution in [3.05, 3.63) is 40.9 Å². The first-order valence-corrected chi connectivity index (χ1v) is 9.44. The Kier molecular flexibility index (Phi) is 5.72. The van der Waals surface area contributed by atoms with Crippen LogP contribution in [-0.2, 0) is 9.59 Å². The van der Waals surface area contributed by atoms with Gasteiger partial charge in [0.25, 0.3) is 0 Å². The highest BCUT2D eigenvalue weighted by Crippen LogP contribution is 2.30. The van der Waals surface area contributed by atoms with Gasteiger partial charge >= 0.3 is 0 Å². The summed E-state index contributed by atoms with van der Waals surface area (Å²) in [6.07, 6.45) is 8.69. The molecule has 1 aliphatic carbocycles. The van der Waals surface area contributed by atoms with Gasteiger partial charge in [0.05, 0.1) is 11.8 Å². The van der Waals surface area contributed by atoms with Crippen LogP contribution in [0.2, 0.25) is 0 Å². The number of amides is 2.